The lowest BCUT2D eigenvalue weighted by Crippen LogP contribution is -2.35. The maximum absolute atomic E-state index is 12.0. The van der Waals surface area contributed by atoms with E-state index in [9.17, 15) is 9.59 Å². The van der Waals surface area contributed by atoms with Gasteiger partial charge in [0.05, 0.1) is 0 Å². The van der Waals surface area contributed by atoms with E-state index in [2.05, 4.69) is 5.32 Å². The smallest absolute Gasteiger partial charge is 0.325 e. The van der Waals surface area contributed by atoms with E-state index in [0.717, 1.165) is 11.1 Å². The molecule has 0 bridgehead atoms. The summed E-state index contributed by atoms with van der Waals surface area (Å²) in [4.78, 5) is 23.7. The predicted molar refractivity (Wildman–Crippen MR) is 88.6 cm³/mol. The molecule has 0 aromatic heterocycles. The number of hydrogen-bond acceptors (Lipinski definition) is 3. The molecule has 0 aliphatic heterocycles. The molecule has 120 valence electrons. The fourth-order valence-corrected chi connectivity index (χ4v) is 2.18. The SMILES string of the molecule is CC(Cc1ccccc1)C(=O)NCC(=O)OCc1ccccc1. The first-order valence-corrected chi connectivity index (χ1v) is 7.66. The van der Waals surface area contributed by atoms with Crippen LogP contribution in [-0.4, -0.2) is 18.4 Å². The van der Waals surface area contributed by atoms with Crippen molar-refractivity contribution in [1.82, 2.24) is 5.32 Å². The third-order valence-electron chi connectivity index (χ3n) is 3.48. The normalized spacial score (nSPS) is 11.5. The zero-order valence-corrected chi connectivity index (χ0v) is 13.2. The second kappa shape index (κ2) is 8.73. The van der Waals surface area contributed by atoms with Crippen molar-refractivity contribution < 1.29 is 14.3 Å². The van der Waals surface area contributed by atoms with Crippen LogP contribution in [0.15, 0.2) is 60.7 Å². The summed E-state index contributed by atoms with van der Waals surface area (Å²) in [7, 11) is 0. The van der Waals surface area contributed by atoms with Gasteiger partial charge in [-0.05, 0) is 17.5 Å². The molecule has 23 heavy (non-hydrogen) atoms. The number of amides is 1. The molecule has 1 amide bonds. The van der Waals surface area contributed by atoms with Crippen LogP contribution in [0.2, 0.25) is 0 Å². The van der Waals surface area contributed by atoms with Gasteiger partial charge in [0.25, 0.3) is 0 Å². The molecule has 0 saturated heterocycles. The van der Waals surface area contributed by atoms with Crippen LogP contribution in [0.5, 0.6) is 0 Å². The van der Waals surface area contributed by atoms with E-state index < -0.39 is 5.97 Å². The summed E-state index contributed by atoms with van der Waals surface area (Å²) in [5.41, 5.74) is 2.02. The highest BCUT2D eigenvalue weighted by atomic mass is 16.5. The van der Waals surface area contributed by atoms with E-state index in [1.54, 1.807) is 0 Å². The van der Waals surface area contributed by atoms with Gasteiger partial charge in [-0.1, -0.05) is 67.6 Å². The second-order valence-corrected chi connectivity index (χ2v) is 5.45. The van der Waals surface area contributed by atoms with E-state index in [0.29, 0.717) is 6.42 Å². The summed E-state index contributed by atoms with van der Waals surface area (Å²) in [6, 6.07) is 19.2. The van der Waals surface area contributed by atoms with Gasteiger partial charge in [0.2, 0.25) is 5.91 Å². The number of carbonyl (C=O) groups excluding carboxylic acids is 2. The quantitative estimate of drug-likeness (QED) is 0.800. The number of hydrogen-bond donors (Lipinski definition) is 1. The molecule has 1 unspecified atom stereocenters. The van der Waals surface area contributed by atoms with Gasteiger partial charge in [-0.3, -0.25) is 9.59 Å². The van der Waals surface area contributed by atoms with Crippen molar-refractivity contribution in [2.24, 2.45) is 5.92 Å². The van der Waals surface area contributed by atoms with Crippen molar-refractivity contribution in [1.29, 1.82) is 0 Å². The van der Waals surface area contributed by atoms with Gasteiger partial charge in [-0.2, -0.15) is 0 Å². The first-order valence-electron chi connectivity index (χ1n) is 7.66. The molecule has 2 rings (SSSR count). The minimum atomic E-state index is -0.436. The monoisotopic (exact) mass is 311 g/mol. The largest absolute Gasteiger partial charge is 0.460 e. The Balaban J connectivity index is 1.70. The average molecular weight is 311 g/mol. The molecule has 1 N–H and O–H groups in total. The molecular formula is C19H21NO3. The average Bonchev–Trinajstić information content (AvgIpc) is 2.59. The maximum Gasteiger partial charge on any atom is 0.325 e. The van der Waals surface area contributed by atoms with Crippen molar-refractivity contribution in [3.8, 4) is 0 Å². The Bertz CT molecular complexity index is 626. The minimum absolute atomic E-state index is 0.106. The number of nitrogens with one attached hydrogen (secondary N) is 1. The first-order chi connectivity index (χ1) is 11.1. The number of rotatable bonds is 7. The molecule has 0 radical (unpaired) electrons. The lowest BCUT2D eigenvalue weighted by Gasteiger charge is -2.12. The Hall–Kier alpha value is -2.62. The van der Waals surface area contributed by atoms with Crippen molar-refractivity contribution >= 4 is 11.9 Å². The van der Waals surface area contributed by atoms with Crippen LogP contribution in [-0.2, 0) is 27.4 Å². The topological polar surface area (TPSA) is 55.4 Å². The fourth-order valence-electron chi connectivity index (χ4n) is 2.18. The zero-order valence-electron chi connectivity index (χ0n) is 13.2. The zero-order chi connectivity index (χ0) is 16.5. The predicted octanol–water partition coefficient (Wildman–Crippen LogP) is 2.72. The van der Waals surface area contributed by atoms with Crippen LogP contribution < -0.4 is 5.32 Å². The van der Waals surface area contributed by atoms with Crippen molar-refractivity contribution in [2.45, 2.75) is 20.0 Å². The molecule has 4 nitrogen and oxygen atoms in total. The highest BCUT2D eigenvalue weighted by Crippen LogP contribution is 2.08. The lowest BCUT2D eigenvalue weighted by molar-refractivity contribution is -0.145. The molecule has 0 fully saturated rings. The highest BCUT2D eigenvalue weighted by Gasteiger charge is 2.14. The lowest BCUT2D eigenvalue weighted by atomic mass is 10.0. The number of esters is 1. The fraction of sp³-hybridized carbons (Fsp3) is 0.263. The van der Waals surface area contributed by atoms with Crippen LogP contribution in [0.3, 0.4) is 0 Å². The third-order valence-corrected chi connectivity index (χ3v) is 3.48. The Morgan fingerprint density at radius 2 is 1.52 bits per heavy atom. The summed E-state index contributed by atoms with van der Waals surface area (Å²) in [6.45, 7) is 1.96. The summed E-state index contributed by atoms with van der Waals surface area (Å²) in [6.07, 6.45) is 0.645. The Labute approximate surface area is 136 Å². The number of carbonyl (C=O) groups is 2. The second-order valence-electron chi connectivity index (χ2n) is 5.45. The molecule has 1 atom stereocenters. The standard InChI is InChI=1S/C19H21NO3/c1-15(12-16-8-4-2-5-9-16)19(22)20-13-18(21)23-14-17-10-6-3-7-11-17/h2-11,15H,12-14H2,1H3,(H,20,22). The summed E-state index contributed by atoms with van der Waals surface area (Å²) in [5, 5.41) is 2.63. The van der Waals surface area contributed by atoms with E-state index in [4.69, 9.17) is 4.74 Å². The maximum atomic E-state index is 12.0. The van der Waals surface area contributed by atoms with Gasteiger partial charge < -0.3 is 10.1 Å². The Morgan fingerprint density at radius 3 is 2.13 bits per heavy atom. The summed E-state index contributed by atoms with van der Waals surface area (Å²) in [5.74, 6) is -0.779. The van der Waals surface area contributed by atoms with Crippen LogP contribution >= 0.6 is 0 Å². The van der Waals surface area contributed by atoms with Crippen molar-refractivity contribution in [3.05, 3.63) is 71.8 Å². The van der Waals surface area contributed by atoms with Gasteiger partial charge in [-0.25, -0.2) is 0 Å². The molecule has 0 spiro atoms. The molecule has 2 aromatic rings. The van der Waals surface area contributed by atoms with Gasteiger partial charge in [0, 0.05) is 5.92 Å². The molecule has 0 heterocycles. The van der Waals surface area contributed by atoms with Crippen LogP contribution in [0.1, 0.15) is 18.1 Å². The van der Waals surface area contributed by atoms with Gasteiger partial charge in [0.1, 0.15) is 13.2 Å². The van der Waals surface area contributed by atoms with Gasteiger partial charge >= 0.3 is 5.97 Å². The minimum Gasteiger partial charge on any atom is -0.460 e. The van der Waals surface area contributed by atoms with E-state index in [-0.39, 0.29) is 25.0 Å². The molecular weight excluding hydrogens is 290 g/mol. The Kier molecular flexibility index (Phi) is 6.36. The van der Waals surface area contributed by atoms with Crippen LogP contribution in [0.4, 0.5) is 0 Å². The first kappa shape index (κ1) is 16.7. The van der Waals surface area contributed by atoms with Crippen molar-refractivity contribution in [2.75, 3.05) is 6.54 Å². The number of ether oxygens (including phenoxy) is 1. The molecule has 2 aromatic carbocycles. The van der Waals surface area contributed by atoms with E-state index in [1.165, 1.54) is 0 Å². The van der Waals surface area contributed by atoms with E-state index in [1.807, 2.05) is 67.6 Å². The summed E-state index contributed by atoms with van der Waals surface area (Å²) >= 11 is 0. The van der Waals surface area contributed by atoms with Gasteiger partial charge in [-0.15, -0.1) is 0 Å². The summed E-state index contributed by atoms with van der Waals surface area (Å²) < 4.78 is 5.12. The molecule has 0 aliphatic carbocycles. The third kappa shape index (κ3) is 5.94. The Morgan fingerprint density at radius 1 is 0.957 bits per heavy atom. The van der Waals surface area contributed by atoms with Crippen molar-refractivity contribution in [3.63, 3.8) is 0 Å². The number of benzene rings is 2. The van der Waals surface area contributed by atoms with Crippen LogP contribution in [0, 0.1) is 5.92 Å². The molecule has 0 aliphatic rings. The highest BCUT2D eigenvalue weighted by molar-refractivity contribution is 5.83. The van der Waals surface area contributed by atoms with Gasteiger partial charge in [0.15, 0.2) is 0 Å². The van der Waals surface area contributed by atoms with E-state index >= 15 is 0 Å². The molecule has 0 saturated carbocycles. The molecule has 4 heteroatoms. The van der Waals surface area contributed by atoms with Crippen LogP contribution in [0.25, 0.3) is 0 Å².